The number of aryl methyl sites for hydroxylation is 1. The van der Waals surface area contributed by atoms with E-state index in [1.54, 1.807) is 19.9 Å². The topological polar surface area (TPSA) is 69.4 Å². The van der Waals surface area contributed by atoms with Crippen molar-refractivity contribution in [3.8, 4) is 0 Å². The summed E-state index contributed by atoms with van der Waals surface area (Å²) in [6.07, 6.45) is -0.00296. The van der Waals surface area contributed by atoms with Crippen LogP contribution in [-0.4, -0.2) is 17.5 Å². The van der Waals surface area contributed by atoms with Gasteiger partial charge in [0.05, 0.1) is 18.0 Å². The van der Waals surface area contributed by atoms with Crippen molar-refractivity contribution in [1.82, 2.24) is 0 Å². The molecule has 0 heterocycles. The van der Waals surface area contributed by atoms with Crippen molar-refractivity contribution in [3.63, 3.8) is 0 Å². The zero-order chi connectivity index (χ0) is 13.7. The Morgan fingerprint density at radius 3 is 2.61 bits per heavy atom. The van der Waals surface area contributed by atoms with Gasteiger partial charge in [0.25, 0.3) is 5.69 Å². The summed E-state index contributed by atoms with van der Waals surface area (Å²) in [7, 11) is 0. The maximum atomic E-state index is 11.4. The van der Waals surface area contributed by atoms with E-state index in [0.717, 1.165) is 0 Å². The second-order valence-corrected chi connectivity index (χ2v) is 4.05. The molecular formula is C12H14ClNO4. The molecule has 1 aromatic rings. The maximum Gasteiger partial charge on any atom is 0.310 e. The van der Waals surface area contributed by atoms with Gasteiger partial charge in [-0.25, -0.2) is 0 Å². The molecule has 0 unspecified atom stereocenters. The number of esters is 1. The molecule has 0 aliphatic heterocycles. The molecule has 0 amide bonds. The van der Waals surface area contributed by atoms with Crippen molar-refractivity contribution < 1.29 is 14.5 Å². The number of halogens is 1. The average Bonchev–Trinajstić information content (AvgIpc) is 2.30. The number of carbonyl (C=O) groups excluding carboxylic acids is 1. The predicted octanol–water partition coefficient (Wildman–Crippen LogP) is 2.75. The summed E-state index contributed by atoms with van der Waals surface area (Å²) in [6, 6.07) is 3.03. The number of nitro benzene ring substituents is 1. The van der Waals surface area contributed by atoms with Crippen LogP contribution in [-0.2, 0) is 21.8 Å². The van der Waals surface area contributed by atoms with E-state index in [4.69, 9.17) is 16.3 Å². The van der Waals surface area contributed by atoms with Gasteiger partial charge in [0.15, 0.2) is 0 Å². The largest absolute Gasteiger partial charge is 0.466 e. The Kier molecular flexibility index (Phi) is 5.09. The van der Waals surface area contributed by atoms with Crippen LogP contribution in [0.5, 0.6) is 0 Å². The van der Waals surface area contributed by atoms with Crippen molar-refractivity contribution in [3.05, 3.63) is 38.9 Å². The lowest BCUT2D eigenvalue weighted by Gasteiger charge is -2.08. The first-order valence-electron chi connectivity index (χ1n) is 5.48. The minimum absolute atomic E-state index is 0.00296. The Morgan fingerprint density at radius 1 is 1.44 bits per heavy atom. The Labute approximate surface area is 110 Å². The highest BCUT2D eigenvalue weighted by molar-refractivity contribution is 6.17. The number of nitrogens with zero attached hydrogens (tertiary/aromatic N) is 1. The van der Waals surface area contributed by atoms with Gasteiger partial charge in [0, 0.05) is 17.5 Å². The summed E-state index contributed by atoms with van der Waals surface area (Å²) in [5, 5.41) is 10.8. The van der Waals surface area contributed by atoms with Gasteiger partial charge >= 0.3 is 5.97 Å². The van der Waals surface area contributed by atoms with Crippen LogP contribution >= 0.6 is 11.6 Å². The van der Waals surface area contributed by atoms with Crippen LogP contribution in [0.25, 0.3) is 0 Å². The second kappa shape index (κ2) is 6.35. The maximum absolute atomic E-state index is 11.4. The van der Waals surface area contributed by atoms with Crippen molar-refractivity contribution in [1.29, 1.82) is 0 Å². The summed E-state index contributed by atoms with van der Waals surface area (Å²) in [5.74, 6) is -0.213. The smallest absolute Gasteiger partial charge is 0.310 e. The van der Waals surface area contributed by atoms with Crippen LogP contribution in [0.1, 0.15) is 23.6 Å². The third kappa shape index (κ3) is 3.43. The Morgan fingerprint density at radius 2 is 2.11 bits per heavy atom. The zero-order valence-electron chi connectivity index (χ0n) is 10.2. The van der Waals surface area contributed by atoms with Crippen LogP contribution in [0.15, 0.2) is 12.1 Å². The van der Waals surface area contributed by atoms with Gasteiger partial charge in [-0.1, -0.05) is 0 Å². The van der Waals surface area contributed by atoms with E-state index in [1.165, 1.54) is 6.07 Å². The predicted molar refractivity (Wildman–Crippen MR) is 67.7 cm³/mol. The molecule has 0 N–H and O–H groups in total. The van der Waals surface area contributed by atoms with Crippen LogP contribution < -0.4 is 0 Å². The Balaban J connectivity index is 3.11. The van der Waals surface area contributed by atoms with Crippen LogP contribution in [0.2, 0.25) is 0 Å². The van der Waals surface area contributed by atoms with E-state index < -0.39 is 10.9 Å². The molecule has 0 radical (unpaired) electrons. The zero-order valence-corrected chi connectivity index (χ0v) is 11.0. The normalized spacial score (nSPS) is 10.2. The number of ether oxygens (including phenoxy) is 1. The fourth-order valence-electron chi connectivity index (χ4n) is 1.65. The molecule has 0 atom stereocenters. The molecule has 0 aliphatic rings. The first-order valence-corrected chi connectivity index (χ1v) is 6.01. The molecule has 1 aromatic carbocycles. The number of rotatable bonds is 5. The molecule has 0 aromatic heterocycles. The van der Waals surface area contributed by atoms with Gasteiger partial charge in [-0.2, -0.15) is 0 Å². The van der Waals surface area contributed by atoms with Gasteiger partial charge < -0.3 is 4.74 Å². The van der Waals surface area contributed by atoms with Gasteiger partial charge in [-0.15, -0.1) is 11.6 Å². The Bertz CT molecular complexity index is 473. The minimum atomic E-state index is -0.470. The molecular weight excluding hydrogens is 258 g/mol. The quantitative estimate of drug-likeness (QED) is 0.357. The summed E-state index contributed by atoms with van der Waals surface area (Å²) in [5.41, 5.74) is 1.78. The molecule has 0 saturated carbocycles. The lowest BCUT2D eigenvalue weighted by atomic mass is 10.0. The average molecular weight is 272 g/mol. The van der Waals surface area contributed by atoms with Crippen LogP contribution in [0, 0.1) is 17.0 Å². The highest BCUT2D eigenvalue weighted by Gasteiger charge is 2.17. The molecule has 1 rings (SSSR count). The van der Waals surface area contributed by atoms with Crippen molar-refractivity contribution >= 4 is 23.3 Å². The van der Waals surface area contributed by atoms with Gasteiger partial charge in [-0.05, 0) is 31.0 Å². The number of carbonyl (C=O) groups is 1. The summed E-state index contributed by atoms with van der Waals surface area (Å²) >= 11 is 5.77. The summed E-state index contributed by atoms with van der Waals surface area (Å²) in [6.45, 7) is 3.63. The second-order valence-electron chi connectivity index (χ2n) is 3.78. The third-order valence-electron chi connectivity index (χ3n) is 2.50. The van der Waals surface area contributed by atoms with E-state index >= 15 is 0 Å². The molecule has 18 heavy (non-hydrogen) atoms. The SMILES string of the molecule is CCOC(=O)Cc1cc([N+](=O)[O-])c(C)cc1CCl. The van der Waals surface area contributed by atoms with Gasteiger partial charge in [0.2, 0.25) is 0 Å². The van der Waals surface area contributed by atoms with E-state index in [-0.39, 0.29) is 24.6 Å². The fraction of sp³-hybridized carbons (Fsp3) is 0.417. The molecule has 0 saturated heterocycles. The van der Waals surface area contributed by atoms with E-state index in [1.807, 2.05) is 0 Å². The highest BCUT2D eigenvalue weighted by Crippen LogP contribution is 2.24. The van der Waals surface area contributed by atoms with Crippen molar-refractivity contribution in [2.75, 3.05) is 6.61 Å². The highest BCUT2D eigenvalue weighted by atomic mass is 35.5. The number of alkyl halides is 1. The van der Waals surface area contributed by atoms with Crippen LogP contribution in [0.4, 0.5) is 5.69 Å². The first-order chi connectivity index (χ1) is 8.49. The molecule has 0 fully saturated rings. The third-order valence-corrected chi connectivity index (χ3v) is 2.79. The summed E-state index contributed by atoms with van der Waals surface area (Å²) in [4.78, 5) is 21.8. The molecule has 6 heteroatoms. The monoisotopic (exact) mass is 271 g/mol. The molecule has 0 aliphatic carbocycles. The summed E-state index contributed by atoms with van der Waals surface area (Å²) < 4.78 is 4.82. The molecule has 0 bridgehead atoms. The van der Waals surface area contributed by atoms with E-state index in [0.29, 0.717) is 16.7 Å². The lowest BCUT2D eigenvalue weighted by molar-refractivity contribution is -0.385. The number of nitro groups is 1. The standard InChI is InChI=1S/C12H14ClNO4/c1-3-18-12(15)6-9-5-11(14(16)17)8(2)4-10(9)7-13/h4-5H,3,6-7H2,1-2H3. The minimum Gasteiger partial charge on any atom is -0.466 e. The number of hydrogen-bond donors (Lipinski definition) is 0. The molecule has 0 spiro atoms. The first kappa shape index (κ1) is 14.4. The molecule has 5 nitrogen and oxygen atoms in total. The van der Waals surface area contributed by atoms with Gasteiger partial charge in [0.1, 0.15) is 0 Å². The fourth-order valence-corrected chi connectivity index (χ4v) is 1.90. The lowest BCUT2D eigenvalue weighted by Crippen LogP contribution is -2.10. The van der Waals surface area contributed by atoms with Crippen molar-refractivity contribution in [2.24, 2.45) is 0 Å². The van der Waals surface area contributed by atoms with Crippen LogP contribution in [0.3, 0.4) is 0 Å². The van der Waals surface area contributed by atoms with Gasteiger partial charge in [-0.3, -0.25) is 14.9 Å². The van der Waals surface area contributed by atoms with Crippen molar-refractivity contribution in [2.45, 2.75) is 26.1 Å². The van der Waals surface area contributed by atoms with E-state index in [9.17, 15) is 14.9 Å². The van der Waals surface area contributed by atoms with E-state index in [2.05, 4.69) is 0 Å². The number of hydrogen-bond acceptors (Lipinski definition) is 4. The number of benzene rings is 1. The Hall–Kier alpha value is -1.62. The molecule has 98 valence electrons.